The SMILES string of the molecule is c1ccc2c(c1)cc1c3ccccc3c3c4ccccc4n(-c4nc(-c5ccc6sc7ccccc7c6c5)c5ccccc5n4)c3n21. The maximum atomic E-state index is 5.48. The fraction of sp³-hybridized carbons (Fsp3) is 0. The quantitative estimate of drug-likeness (QED) is 0.194. The standard InChI is InChI=1S/C42H24N4S/c1-8-18-34-25(11-1)24-36-27-12-2-3-14-29(27)39-31-16-5-9-19-35(31)46(41(39)45(34)36)42-43-33-17-7-4-15-30(33)40(44-42)26-21-22-38-32(23-26)28-13-6-10-20-37(28)47-38/h1-24H. The topological polar surface area (TPSA) is 35.1 Å². The third-order valence-electron chi connectivity index (χ3n) is 9.69. The third kappa shape index (κ3) is 3.41. The van der Waals surface area contributed by atoms with E-state index < -0.39 is 0 Å². The van der Waals surface area contributed by atoms with Crippen molar-refractivity contribution in [3.8, 4) is 17.2 Å². The summed E-state index contributed by atoms with van der Waals surface area (Å²) in [7, 11) is 0. The van der Waals surface area contributed by atoms with E-state index in [1.807, 2.05) is 11.3 Å². The average molecular weight is 617 g/mol. The van der Waals surface area contributed by atoms with E-state index in [0.29, 0.717) is 5.95 Å². The van der Waals surface area contributed by atoms with Gasteiger partial charge < -0.3 is 0 Å². The van der Waals surface area contributed by atoms with Crippen molar-refractivity contribution in [1.29, 1.82) is 0 Å². The van der Waals surface area contributed by atoms with Gasteiger partial charge in [0.15, 0.2) is 0 Å². The Bertz CT molecular complexity index is 3090. The summed E-state index contributed by atoms with van der Waals surface area (Å²) in [5, 5.41) is 9.63. The van der Waals surface area contributed by atoms with Crippen LogP contribution in [0.15, 0.2) is 146 Å². The summed E-state index contributed by atoms with van der Waals surface area (Å²) in [5.41, 5.74) is 7.43. The molecule has 0 saturated heterocycles. The summed E-state index contributed by atoms with van der Waals surface area (Å²) >= 11 is 1.84. The first-order chi connectivity index (χ1) is 23.3. The molecule has 47 heavy (non-hydrogen) atoms. The Kier molecular flexibility index (Phi) is 4.96. The third-order valence-corrected chi connectivity index (χ3v) is 10.8. The zero-order valence-corrected chi connectivity index (χ0v) is 25.9. The monoisotopic (exact) mass is 616 g/mol. The molecule has 0 aliphatic carbocycles. The summed E-state index contributed by atoms with van der Waals surface area (Å²) < 4.78 is 7.28. The fourth-order valence-corrected chi connectivity index (χ4v) is 8.76. The second-order valence-electron chi connectivity index (χ2n) is 12.2. The Balaban J connectivity index is 1.32. The van der Waals surface area contributed by atoms with E-state index >= 15 is 0 Å². The number of pyridine rings is 1. The second-order valence-corrected chi connectivity index (χ2v) is 13.3. The van der Waals surface area contributed by atoms with Gasteiger partial charge >= 0.3 is 0 Å². The molecule has 0 N–H and O–H groups in total. The summed E-state index contributed by atoms with van der Waals surface area (Å²) in [4.78, 5) is 10.8. The molecule has 0 radical (unpaired) electrons. The molecule has 0 spiro atoms. The lowest BCUT2D eigenvalue weighted by Gasteiger charge is -2.14. The maximum absolute atomic E-state index is 5.48. The molecule has 5 aromatic heterocycles. The van der Waals surface area contributed by atoms with Crippen LogP contribution in [0.25, 0.3) is 97.4 Å². The van der Waals surface area contributed by atoms with Crippen LogP contribution in [0.5, 0.6) is 0 Å². The van der Waals surface area contributed by atoms with Gasteiger partial charge in [-0.2, -0.15) is 0 Å². The van der Waals surface area contributed by atoms with Crippen LogP contribution >= 0.6 is 11.3 Å². The Morgan fingerprint density at radius 3 is 2.04 bits per heavy atom. The van der Waals surface area contributed by atoms with Gasteiger partial charge in [0.25, 0.3) is 0 Å². The molecule has 0 aliphatic heterocycles. The first-order valence-corrected chi connectivity index (χ1v) is 16.7. The van der Waals surface area contributed by atoms with Gasteiger partial charge in [-0.1, -0.05) is 103 Å². The molecule has 0 saturated carbocycles. The first-order valence-electron chi connectivity index (χ1n) is 15.8. The molecule has 0 unspecified atom stereocenters. The molecule has 11 rings (SSSR count). The Morgan fingerprint density at radius 1 is 0.468 bits per heavy atom. The Hall–Kier alpha value is -6.04. The average Bonchev–Trinajstić information content (AvgIpc) is 3.81. The highest BCUT2D eigenvalue weighted by atomic mass is 32.1. The van der Waals surface area contributed by atoms with Crippen LogP contribution in [-0.2, 0) is 0 Å². The number of para-hydroxylation sites is 3. The van der Waals surface area contributed by atoms with E-state index in [4.69, 9.17) is 9.97 Å². The number of hydrogen-bond donors (Lipinski definition) is 0. The van der Waals surface area contributed by atoms with E-state index in [1.165, 1.54) is 52.6 Å². The van der Waals surface area contributed by atoms with Crippen molar-refractivity contribution in [2.24, 2.45) is 0 Å². The highest BCUT2D eigenvalue weighted by molar-refractivity contribution is 7.25. The molecule has 6 aromatic carbocycles. The predicted octanol–water partition coefficient (Wildman–Crippen LogP) is 11.3. The second kappa shape index (κ2) is 9.25. The molecule has 5 heteroatoms. The van der Waals surface area contributed by atoms with Crippen LogP contribution in [0.2, 0.25) is 0 Å². The number of benzene rings is 6. The van der Waals surface area contributed by atoms with Crippen LogP contribution in [0.1, 0.15) is 0 Å². The highest BCUT2D eigenvalue weighted by Crippen LogP contribution is 2.42. The van der Waals surface area contributed by atoms with E-state index in [9.17, 15) is 0 Å². The minimum atomic E-state index is 0.662. The van der Waals surface area contributed by atoms with E-state index in [-0.39, 0.29) is 0 Å². The summed E-state index contributed by atoms with van der Waals surface area (Å²) in [5.74, 6) is 0.662. The van der Waals surface area contributed by atoms with Crippen molar-refractivity contribution in [1.82, 2.24) is 18.9 Å². The number of rotatable bonds is 2. The van der Waals surface area contributed by atoms with Crippen LogP contribution in [0, 0.1) is 0 Å². The lowest BCUT2D eigenvalue weighted by molar-refractivity contribution is 0.992. The van der Waals surface area contributed by atoms with Gasteiger partial charge in [0.2, 0.25) is 5.95 Å². The van der Waals surface area contributed by atoms with Gasteiger partial charge in [-0.25, -0.2) is 9.97 Å². The van der Waals surface area contributed by atoms with Gasteiger partial charge in [0, 0.05) is 52.7 Å². The van der Waals surface area contributed by atoms with Gasteiger partial charge in [-0.15, -0.1) is 11.3 Å². The molecule has 0 aliphatic rings. The summed E-state index contributed by atoms with van der Waals surface area (Å²) in [6.07, 6.45) is 0. The largest absolute Gasteiger partial charge is 0.294 e. The van der Waals surface area contributed by atoms with Crippen molar-refractivity contribution < 1.29 is 0 Å². The highest BCUT2D eigenvalue weighted by Gasteiger charge is 2.23. The van der Waals surface area contributed by atoms with E-state index in [1.54, 1.807) is 0 Å². The number of hydrogen-bond acceptors (Lipinski definition) is 3. The molecule has 0 fully saturated rings. The zero-order valence-electron chi connectivity index (χ0n) is 25.1. The lowest BCUT2D eigenvalue weighted by Crippen LogP contribution is -2.06. The molecule has 5 heterocycles. The minimum Gasteiger partial charge on any atom is -0.294 e. The number of thiophene rings is 1. The summed E-state index contributed by atoms with van der Waals surface area (Å²) in [6, 6.07) is 52.2. The Morgan fingerprint density at radius 2 is 1.15 bits per heavy atom. The Labute approximate surface area is 272 Å². The molecule has 0 bridgehead atoms. The van der Waals surface area contributed by atoms with Crippen LogP contribution in [0.3, 0.4) is 0 Å². The molecule has 11 aromatic rings. The molecular formula is C42H24N4S. The molecule has 4 nitrogen and oxygen atoms in total. The van der Waals surface area contributed by atoms with E-state index in [2.05, 4.69) is 155 Å². The van der Waals surface area contributed by atoms with Crippen molar-refractivity contribution in [3.05, 3.63) is 146 Å². The minimum absolute atomic E-state index is 0.662. The summed E-state index contributed by atoms with van der Waals surface area (Å²) in [6.45, 7) is 0. The van der Waals surface area contributed by atoms with Crippen LogP contribution in [-0.4, -0.2) is 18.9 Å². The molecule has 0 atom stereocenters. The van der Waals surface area contributed by atoms with Gasteiger partial charge in [-0.05, 0) is 47.9 Å². The van der Waals surface area contributed by atoms with Crippen molar-refractivity contribution in [2.45, 2.75) is 0 Å². The van der Waals surface area contributed by atoms with Crippen molar-refractivity contribution in [3.63, 3.8) is 0 Å². The molecule has 218 valence electrons. The lowest BCUT2D eigenvalue weighted by atomic mass is 10.0. The maximum Gasteiger partial charge on any atom is 0.236 e. The van der Waals surface area contributed by atoms with Crippen LogP contribution in [0.4, 0.5) is 0 Å². The number of fused-ring (bicyclic) bond motifs is 14. The number of aromatic nitrogens is 4. The number of nitrogens with zero attached hydrogens (tertiary/aromatic N) is 4. The zero-order chi connectivity index (χ0) is 30.6. The van der Waals surface area contributed by atoms with Crippen molar-refractivity contribution in [2.75, 3.05) is 0 Å². The predicted molar refractivity (Wildman–Crippen MR) is 198 cm³/mol. The van der Waals surface area contributed by atoms with Gasteiger partial charge in [-0.3, -0.25) is 8.97 Å². The van der Waals surface area contributed by atoms with Gasteiger partial charge in [0.05, 0.1) is 27.8 Å². The van der Waals surface area contributed by atoms with Crippen molar-refractivity contribution >= 4 is 91.5 Å². The van der Waals surface area contributed by atoms with Crippen LogP contribution < -0.4 is 0 Å². The smallest absolute Gasteiger partial charge is 0.236 e. The fourth-order valence-electron chi connectivity index (χ4n) is 7.67. The molecule has 0 amide bonds. The first kappa shape index (κ1) is 25.2. The molecular weight excluding hydrogens is 593 g/mol. The van der Waals surface area contributed by atoms with Gasteiger partial charge in [0.1, 0.15) is 5.65 Å². The van der Waals surface area contributed by atoms with E-state index in [0.717, 1.165) is 38.8 Å². The normalized spacial score (nSPS) is 12.3.